The van der Waals surface area contributed by atoms with Crippen molar-refractivity contribution in [3.63, 3.8) is 0 Å². The molecule has 0 unspecified atom stereocenters. The summed E-state index contributed by atoms with van der Waals surface area (Å²) in [5.74, 6) is -0.0808. The first-order chi connectivity index (χ1) is 16.3. The number of hydrogen-bond donors (Lipinski definition) is 1. The first-order valence-corrected chi connectivity index (χ1v) is 12.1. The van der Waals surface area contributed by atoms with Crippen LogP contribution in [-0.2, 0) is 22.8 Å². The van der Waals surface area contributed by atoms with E-state index in [1.165, 1.54) is 12.1 Å². The Balaban J connectivity index is 1.78. The average molecular weight is 507 g/mol. The lowest BCUT2D eigenvalue weighted by atomic mass is 10.2. The van der Waals surface area contributed by atoms with E-state index in [9.17, 15) is 26.4 Å². The predicted octanol–water partition coefficient (Wildman–Crippen LogP) is 6.22. The molecule has 3 rings (SSSR count). The van der Waals surface area contributed by atoms with Crippen molar-refractivity contribution in [3.05, 3.63) is 89.5 Å². The molecule has 3 aromatic rings. The topological polar surface area (TPSA) is 75.7 Å². The van der Waals surface area contributed by atoms with Crippen LogP contribution in [-0.4, -0.2) is 25.4 Å². The van der Waals surface area contributed by atoms with Gasteiger partial charge in [-0.2, -0.15) is 21.6 Å². The lowest BCUT2D eigenvalue weighted by Gasteiger charge is -2.27. The van der Waals surface area contributed by atoms with Gasteiger partial charge in [-0.15, -0.1) is 0 Å². The summed E-state index contributed by atoms with van der Waals surface area (Å²) in [6.45, 7) is 5.74. The van der Waals surface area contributed by atoms with Crippen LogP contribution in [0.2, 0.25) is 0 Å². The first kappa shape index (κ1) is 26.1. The second-order valence-electron chi connectivity index (χ2n) is 8.23. The van der Waals surface area contributed by atoms with Crippen LogP contribution in [0.4, 0.5) is 23.7 Å². The summed E-state index contributed by atoms with van der Waals surface area (Å²) in [6.07, 6.45) is -4.69. The van der Waals surface area contributed by atoms with Crippen molar-refractivity contribution >= 4 is 21.8 Å². The van der Waals surface area contributed by atoms with Gasteiger partial charge in [0.05, 0.1) is 5.56 Å². The fraction of sp³-hybridized carbons (Fsp3) is 0.240. The molecule has 35 heavy (non-hydrogen) atoms. The van der Waals surface area contributed by atoms with Crippen molar-refractivity contribution in [2.24, 2.45) is 0 Å². The maximum atomic E-state index is 13.0. The van der Waals surface area contributed by atoms with Gasteiger partial charge in [0, 0.05) is 18.3 Å². The Labute approximate surface area is 202 Å². The Morgan fingerprint density at radius 2 is 1.69 bits per heavy atom. The molecule has 0 bridgehead atoms. The van der Waals surface area contributed by atoms with E-state index in [-0.39, 0.29) is 24.4 Å². The zero-order valence-corrected chi connectivity index (χ0v) is 20.2. The number of anilines is 1. The molecule has 0 saturated heterocycles. The summed E-state index contributed by atoms with van der Waals surface area (Å²) in [5.41, 5.74) is 1.12. The third-order valence-corrected chi connectivity index (χ3v) is 6.30. The smallest absolute Gasteiger partial charge is 0.379 e. The Kier molecular flexibility index (Phi) is 7.74. The molecule has 0 aliphatic carbocycles. The molecule has 0 aliphatic heterocycles. The summed E-state index contributed by atoms with van der Waals surface area (Å²) in [7, 11) is -4.51. The number of aryl methyl sites for hydroxylation is 1. The molecular weight excluding hydrogens is 481 g/mol. The molecule has 0 heterocycles. The zero-order valence-electron chi connectivity index (χ0n) is 19.3. The van der Waals surface area contributed by atoms with E-state index < -0.39 is 26.8 Å². The SMILES string of the molecule is Cc1cccc(NC(=O)N(Cc2cccc(OS(=O)(=O)c3cccc(C(F)(F)F)c3)c2)C(C)C)c1. The molecule has 186 valence electrons. The van der Waals surface area contributed by atoms with Crippen molar-refractivity contribution in [3.8, 4) is 5.75 Å². The van der Waals surface area contributed by atoms with Crippen LogP contribution in [0, 0.1) is 6.92 Å². The molecule has 0 radical (unpaired) electrons. The van der Waals surface area contributed by atoms with Crippen LogP contribution in [0.5, 0.6) is 5.75 Å². The van der Waals surface area contributed by atoms with Gasteiger partial charge in [-0.25, -0.2) is 4.79 Å². The second kappa shape index (κ2) is 10.4. The molecule has 0 aliphatic rings. The number of hydrogen-bond acceptors (Lipinski definition) is 4. The highest BCUT2D eigenvalue weighted by molar-refractivity contribution is 7.87. The number of carbonyl (C=O) groups is 1. The molecule has 6 nitrogen and oxygen atoms in total. The second-order valence-corrected chi connectivity index (χ2v) is 9.78. The summed E-state index contributed by atoms with van der Waals surface area (Å²) >= 11 is 0. The Bertz CT molecular complexity index is 1310. The molecule has 2 amide bonds. The van der Waals surface area contributed by atoms with Crippen LogP contribution >= 0.6 is 0 Å². The number of halogens is 3. The number of benzene rings is 3. The molecule has 3 aromatic carbocycles. The van der Waals surface area contributed by atoms with E-state index in [1.54, 1.807) is 23.1 Å². The number of carbonyl (C=O) groups excluding carboxylic acids is 1. The van der Waals surface area contributed by atoms with Crippen molar-refractivity contribution in [2.45, 2.75) is 44.4 Å². The van der Waals surface area contributed by atoms with Crippen LogP contribution < -0.4 is 9.50 Å². The number of urea groups is 1. The van der Waals surface area contributed by atoms with Gasteiger partial charge in [0.15, 0.2) is 0 Å². The van der Waals surface area contributed by atoms with Gasteiger partial charge in [0.25, 0.3) is 0 Å². The van der Waals surface area contributed by atoms with E-state index in [4.69, 9.17) is 4.18 Å². The Hall–Kier alpha value is -3.53. The third kappa shape index (κ3) is 6.98. The van der Waals surface area contributed by atoms with E-state index in [2.05, 4.69) is 5.32 Å². The summed E-state index contributed by atoms with van der Waals surface area (Å²) in [5, 5.41) is 2.84. The van der Waals surface area contributed by atoms with Crippen LogP contribution in [0.3, 0.4) is 0 Å². The Morgan fingerprint density at radius 3 is 2.34 bits per heavy atom. The fourth-order valence-corrected chi connectivity index (χ4v) is 4.27. The molecule has 0 atom stereocenters. The largest absolute Gasteiger partial charge is 0.416 e. The highest BCUT2D eigenvalue weighted by Crippen LogP contribution is 2.31. The van der Waals surface area contributed by atoms with E-state index in [0.717, 1.165) is 23.8 Å². The van der Waals surface area contributed by atoms with Gasteiger partial charge >= 0.3 is 22.3 Å². The lowest BCUT2D eigenvalue weighted by Crippen LogP contribution is -2.39. The minimum atomic E-state index is -4.69. The van der Waals surface area contributed by atoms with Gasteiger partial charge in [-0.1, -0.05) is 30.3 Å². The summed E-state index contributed by atoms with van der Waals surface area (Å²) in [6, 6.07) is 16.2. The Morgan fingerprint density at radius 1 is 1.00 bits per heavy atom. The predicted molar refractivity (Wildman–Crippen MR) is 127 cm³/mol. The summed E-state index contributed by atoms with van der Waals surface area (Å²) < 4.78 is 69.2. The summed E-state index contributed by atoms with van der Waals surface area (Å²) in [4.78, 5) is 13.8. The molecule has 0 fully saturated rings. The van der Waals surface area contributed by atoms with Crippen molar-refractivity contribution in [1.29, 1.82) is 0 Å². The van der Waals surface area contributed by atoms with Crippen LogP contribution in [0.15, 0.2) is 77.7 Å². The molecule has 0 aromatic heterocycles. The normalized spacial score (nSPS) is 11.9. The lowest BCUT2D eigenvalue weighted by molar-refractivity contribution is -0.137. The van der Waals surface area contributed by atoms with Crippen molar-refractivity contribution in [2.75, 3.05) is 5.32 Å². The quantitative estimate of drug-likeness (QED) is 0.386. The van der Waals surface area contributed by atoms with E-state index in [0.29, 0.717) is 17.3 Å². The standard InChI is InChI=1S/C25H25F3N2O4S/c1-17(2)30(24(31)29-21-10-4-7-18(3)13-21)16-19-8-5-11-22(14-19)34-35(32,33)23-12-6-9-20(15-23)25(26,27)28/h4-15,17H,16H2,1-3H3,(H,29,31). The molecule has 10 heteroatoms. The van der Waals surface area contributed by atoms with E-state index >= 15 is 0 Å². The fourth-order valence-electron chi connectivity index (χ4n) is 3.30. The highest BCUT2D eigenvalue weighted by Gasteiger charge is 2.32. The van der Waals surface area contributed by atoms with Gasteiger partial charge in [-0.05, 0) is 74.4 Å². The van der Waals surface area contributed by atoms with Crippen molar-refractivity contribution < 1.29 is 30.6 Å². The maximum Gasteiger partial charge on any atom is 0.416 e. The number of alkyl halides is 3. The monoisotopic (exact) mass is 506 g/mol. The van der Waals surface area contributed by atoms with Crippen LogP contribution in [0.25, 0.3) is 0 Å². The number of amides is 2. The maximum absolute atomic E-state index is 13.0. The number of nitrogens with one attached hydrogen (secondary N) is 1. The zero-order chi connectivity index (χ0) is 25.8. The number of rotatable bonds is 7. The highest BCUT2D eigenvalue weighted by atomic mass is 32.2. The molecule has 0 saturated carbocycles. The number of nitrogens with zero attached hydrogens (tertiary/aromatic N) is 1. The minimum Gasteiger partial charge on any atom is -0.379 e. The van der Waals surface area contributed by atoms with Crippen molar-refractivity contribution in [1.82, 2.24) is 4.90 Å². The third-order valence-electron chi connectivity index (χ3n) is 5.06. The molecule has 1 N–H and O–H groups in total. The average Bonchev–Trinajstić information content (AvgIpc) is 2.77. The van der Waals surface area contributed by atoms with Gasteiger partial charge in [0.1, 0.15) is 10.6 Å². The first-order valence-electron chi connectivity index (χ1n) is 10.7. The minimum absolute atomic E-state index is 0.0808. The van der Waals surface area contributed by atoms with Gasteiger partial charge < -0.3 is 14.4 Å². The van der Waals surface area contributed by atoms with E-state index in [1.807, 2.05) is 39.0 Å². The van der Waals surface area contributed by atoms with Crippen LogP contribution in [0.1, 0.15) is 30.5 Å². The van der Waals surface area contributed by atoms with Gasteiger partial charge in [-0.3, -0.25) is 0 Å². The molecular formula is C25H25F3N2O4S. The van der Waals surface area contributed by atoms with Gasteiger partial charge in [0.2, 0.25) is 0 Å². The molecule has 0 spiro atoms.